The third-order valence-electron chi connectivity index (χ3n) is 4.49. The van der Waals surface area contributed by atoms with Gasteiger partial charge in [-0.3, -0.25) is 9.36 Å². The zero-order chi connectivity index (χ0) is 24.6. The van der Waals surface area contributed by atoms with Crippen LogP contribution in [0.4, 0.5) is 0 Å². The second kappa shape index (κ2) is 25.5. The van der Waals surface area contributed by atoms with E-state index in [2.05, 4.69) is 14.4 Å². The van der Waals surface area contributed by atoms with E-state index in [0.29, 0.717) is 72.1 Å². The molecule has 0 spiro atoms. The van der Waals surface area contributed by atoms with Gasteiger partial charge >= 0.3 is 0 Å². The minimum absolute atomic E-state index is 0. The van der Waals surface area contributed by atoms with Crippen molar-refractivity contribution in [2.24, 2.45) is 0 Å². The van der Waals surface area contributed by atoms with Crippen molar-refractivity contribution in [2.75, 3.05) is 80.7 Å². The molecule has 2 atom stereocenters. The molecule has 0 radical (unpaired) electrons. The van der Waals surface area contributed by atoms with Gasteiger partial charge in [-0.05, 0) is 25.7 Å². The highest BCUT2D eigenvalue weighted by Gasteiger charge is 2.10. The number of rotatable bonds is 25. The van der Waals surface area contributed by atoms with E-state index in [0.717, 1.165) is 32.8 Å². The number of unbranched alkanes of at least 4 members (excludes halogenated alkanes) is 4. The predicted molar refractivity (Wildman–Crippen MR) is 128 cm³/mol. The Bertz CT molecular complexity index is 498. The SMILES string of the molecule is C.COCCOCC(COCCCCCCC(=O)NCCCCOP(=O)([O-])OC)OCCOC. The van der Waals surface area contributed by atoms with Crippen LogP contribution in [0.25, 0.3) is 0 Å². The smallest absolute Gasteiger partial charge is 0.267 e. The highest BCUT2D eigenvalue weighted by atomic mass is 31.2. The van der Waals surface area contributed by atoms with E-state index in [1.807, 2.05) is 0 Å². The van der Waals surface area contributed by atoms with Crippen LogP contribution in [-0.2, 0) is 42.1 Å². The molecule has 0 heterocycles. The minimum atomic E-state index is -4.16. The first-order valence-corrected chi connectivity index (χ1v) is 12.9. The van der Waals surface area contributed by atoms with Crippen LogP contribution in [0, 0.1) is 0 Å². The van der Waals surface area contributed by atoms with E-state index >= 15 is 0 Å². The average molecular weight is 517 g/mol. The Morgan fingerprint density at radius 1 is 0.824 bits per heavy atom. The Kier molecular flexibility index (Phi) is 26.6. The average Bonchev–Trinajstić information content (AvgIpc) is 2.80. The maximum Gasteiger partial charge on any atom is 0.267 e. The Balaban J connectivity index is 0. The molecular weight excluding hydrogens is 469 g/mol. The molecule has 0 aliphatic rings. The first-order chi connectivity index (χ1) is 15.9. The fourth-order valence-electron chi connectivity index (χ4n) is 2.63. The molecule has 0 rings (SSSR count). The van der Waals surface area contributed by atoms with Crippen molar-refractivity contribution in [3.8, 4) is 0 Å². The number of nitrogens with one attached hydrogen (secondary N) is 1. The summed E-state index contributed by atoms with van der Waals surface area (Å²) < 4.78 is 46.7. The second-order valence-electron chi connectivity index (χ2n) is 7.31. The highest BCUT2D eigenvalue weighted by Crippen LogP contribution is 2.36. The minimum Gasteiger partial charge on any atom is -0.756 e. The Hall–Kier alpha value is -0.620. The lowest BCUT2D eigenvalue weighted by Gasteiger charge is -2.19. The Morgan fingerprint density at radius 3 is 2.12 bits per heavy atom. The number of phosphoric acid groups is 1. The zero-order valence-corrected chi connectivity index (χ0v) is 21.3. The first kappa shape index (κ1) is 35.5. The van der Waals surface area contributed by atoms with Gasteiger partial charge in [0.25, 0.3) is 7.82 Å². The molecular formula is C22H47NO10P-. The Labute approximate surface area is 205 Å². The van der Waals surface area contributed by atoms with Crippen LogP contribution in [-0.4, -0.2) is 92.7 Å². The van der Waals surface area contributed by atoms with Crippen molar-refractivity contribution >= 4 is 13.7 Å². The molecule has 0 aromatic heterocycles. The Morgan fingerprint density at radius 2 is 1.44 bits per heavy atom. The molecule has 206 valence electrons. The summed E-state index contributed by atoms with van der Waals surface area (Å²) in [6.07, 6.45) is 5.17. The largest absolute Gasteiger partial charge is 0.756 e. The van der Waals surface area contributed by atoms with Crippen LogP contribution < -0.4 is 10.2 Å². The van der Waals surface area contributed by atoms with E-state index in [4.69, 9.17) is 23.7 Å². The summed E-state index contributed by atoms with van der Waals surface area (Å²) in [4.78, 5) is 22.8. The molecule has 0 aromatic rings. The quantitative estimate of drug-likeness (QED) is 0.142. The van der Waals surface area contributed by atoms with E-state index in [-0.39, 0.29) is 26.0 Å². The molecule has 1 amide bonds. The number of carbonyl (C=O) groups is 1. The normalized spacial score (nSPS) is 13.8. The van der Waals surface area contributed by atoms with Gasteiger partial charge in [-0.25, -0.2) is 0 Å². The van der Waals surface area contributed by atoms with Crippen LogP contribution in [0.3, 0.4) is 0 Å². The topological polar surface area (TPSA) is 134 Å². The summed E-state index contributed by atoms with van der Waals surface area (Å²) in [6.45, 7) is 4.16. The highest BCUT2D eigenvalue weighted by molar-refractivity contribution is 7.45. The van der Waals surface area contributed by atoms with Gasteiger partial charge in [-0.15, -0.1) is 0 Å². The number of carbonyl (C=O) groups excluding carboxylic acids is 1. The van der Waals surface area contributed by atoms with Gasteiger partial charge in [-0.1, -0.05) is 20.3 Å². The molecule has 12 heteroatoms. The second-order valence-corrected chi connectivity index (χ2v) is 8.83. The molecule has 2 unspecified atom stereocenters. The van der Waals surface area contributed by atoms with Gasteiger partial charge in [0.05, 0.1) is 46.2 Å². The number of hydrogen-bond donors (Lipinski definition) is 1. The fourth-order valence-corrected chi connectivity index (χ4v) is 3.09. The summed E-state index contributed by atoms with van der Waals surface area (Å²) in [5.74, 6) is 0.00285. The molecule has 0 aliphatic heterocycles. The van der Waals surface area contributed by atoms with Crippen molar-refractivity contribution in [1.29, 1.82) is 0 Å². The molecule has 34 heavy (non-hydrogen) atoms. The van der Waals surface area contributed by atoms with Crippen LogP contribution in [0.1, 0.15) is 52.4 Å². The third-order valence-corrected chi connectivity index (χ3v) is 5.44. The van der Waals surface area contributed by atoms with E-state index in [1.54, 1.807) is 14.2 Å². The van der Waals surface area contributed by atoms with Gasteiger partial charge in [0, 0.05) is 40.9 Å². The molecule has 0 aliphatic carbocycles. The lowest BCUT2D eigenvalue weighted by molar-refractivity contribution is -0.223. The zero-order valence-electron chi connectivity index (χ0n) is 20.4. The lowest BCUT2D eigenvalue weighted by Crippen LogP contribution is -2.28. The molecule has 11 nitrogen and oxygen atoms in total. The third kappa shape index (κ3) is 24.5. The van der Waals surface area contributed by atoms with Crippen LogP contribution >= 0.6 is 7.82 Å². The maximum atomic E-state index is 11.8. The monoisotopic (exact) mass is 516 g/mol. The summed E-state index contributed by atoms with van der Waals surface area (Å²) in [5, 5.41) is 2.82. The van der Waals surface area contributed by atoms with E-state index in [1.165, 1.54) is 0 Å². The van der Waals surface area contributed by atoms with Crippen molar-refractivity contribution in [3.63, 3.8) is 0 Å². The maximum absolute atomic E-state index is 11.8. The summed E-state index contributed by atoms with van der Waals surface area (Å²) >= 11 is 0. The van der Waals surface area contributed by atoms with Gasteiger partial charge < -0.3 is 42.9 Å². The molecule has 0 saturated heterocycles. The van der Waals surface area contributed by atoms with Crippen LogP contribution in [0.2, 0.25) is 0 Å². The number of phosphoric ester groups is 1. The van der Waals surface area contributed by atoms with Crippen molar-refractivity contribution in [2.45, 2.75) is 58.5 Å². The molecule has 1 N–H and O–H groups in total. The summed E-state index contributed by atoms with van der Waals surface area (Å²) in [7, 11) is 0.161. The fraction of sp³-hybridized carbons (Fsp3) is 0.955. The van der Waals surface area contributed by atoms with Crippen LogP contribution in [0.5, 0.6) is 0 Å². The van der Waals surface area contributed by atoms with Crippen molar-refractivity contribution in [3.05, 3.63) is 0 Å². The lowest BCUT2D eigenvalue weighted by atomic mass is 10.1. The number of hydrogen-bond acceptors (Lipinski definition) is 10. The first-order valence-electron chi connectivity index (χ1n) is 11.5. The van der Waals surface area contributed by atoms with Gasteiger partial charge in [0.15, 0.2) is 0 Å². The number of methoxy groups -OCH3 is 2. The number of amides is 1. The number of ether oxygens (including phenoxy) is 5. The summed E-state index contributed by atoms with van der Waals surface area (Å²) in [5.41, 5.74) is 0. The molecule has 0 fully saturated rings. The van der Waals surface area contributed by atoms with Crippen molar-refractivity contribution < 1.29 is 47.0 Å². The van der Waals surface area contributed by atoms with Gasteiger partial charge in [0.2, 0.25) is 5.91 Å². The standard InChI is InChI=1S/C21H44NO10P.CH4/c1-26-14-16-30-19-20(31-17-15-27-2)18-29-12-8-5-4-6-10-21(23)22-11-7-9-13-32-33(24,25)28-3;/h20H,4-19H2,1-3H3,(H,22,23)(H,24,25);1H4/p-1. The molecule has 0 bridgehead atoms. The van der Waals surface area contributed by atoms with E-state index in [9.17, 15) is 14.3 Å². The predicted octanol–water partition coefficient (Wildman–Crippen LogP) is 2.31. The van der Waals surface area contributed by atoms with Gasteiger partial charge in [-0.2, -0.15) is 0 Å². The molecule has 0 saturated carbocycles. The van der Waals surface area contributed by atoms with E-state index < -0.39 is 7.82 Å². The summed E-state index contributed by atoms with van der Waals surface area (Å²) in [6, 6.07) is 0. The van der Waals surface area contributed by atoms with Gasteiger partial charge in [0.1, 0.15) is 6.10 Å². The van der Waals surface area contributed by atoms with Crippen molar-refractivity contribution in [1.82, 2.24) is 5.32 Å². The van der Waals surface area contributed by atoms with Crippen LogP contribution in [0.15, 0.2) is 0 Å². The molecule has 0 aromatic carbocycles.